The number of nitrogens with zero attached hydrogens (tertiary/aromatic N) is 3. The summed E-state index contributed by atoms with van der Waals surface area (Å²) in [5.74, 6) is -0.550. The van der Waals surface area contributed by atoms with E-state index in [-0.39, 0.29) is 17.3 Å². The molecule has 1 amide bonds. The summed E-state index contributed by atoms with van der Waals surface area (Å²) in [5, 5.41) is 10.7. The predicted molar refractivity (Wildman–Crippen MR) is 68.3 cm³/mol. The summed E-state index contributed by atoms with van der Waals surface area (Å²) < 4.78 is 0.465. The van der Waals surface area contributed by atoms with Crippen LogP contribution in [0.5, 0.6) is 0 Å². The number of hydrogen-bond acceptors (Lipinski definition) is 4. The van der Waals surface area contributed by atoms with E-state index in [1.165, 1.54) is 12.3 Å². The molecule has 1 aliphatic heterocycles. The summed E-state index contributed by atoms with van der Waals surface area (Å²) in [5.41, 5.74) is 0.270. The van der Waals surface area contributed by atoms with Crippen LogP contribution in [0.15, 0.2) is 28.9 Å². The molecule has 18 heavy (non-hydrogen) atoms. The Hall–Kier alpha value is -1.76. The molecular weight excluding hydrogens is 302 g/mol. The van der Waals surface area contributed by atoms with Gasteiger partial charge in [-0.25, -0.2) is 0 Å². The van der Waals surface area contributed by atoms with Crippen LogP contribution in [-0.4, -0.2) is 33.8 Å². The second-order valence-electron chi connectivity index (χ2n) is 3.79. The molecule has 0 fully saturated rings. The highest BCUT2D eigenvalue weighted by Gasteiger charge is 2.22. The maximum absolute atomic E-state index is 12.2. The molecule has 0 spiro atoms. The Labute approximate surface area is 112 Å². The van der Waals surface area contributed by atoms with Crippen molar-refractivity contribution in [2.24, 2.45) is 0 Å². The summed E-state index contributed by atoms with van der Waals surface area (Å²) in [4.78, 5) is 27.5. The minimum atomic E-state index is -0.612. The molecule has 0 N–H and O–H groups in total. The van der Waals surface area contributed by atoms with E-state index in [0.717, 1.165) is 6.42 Å². The Morgan fingerprint density at radius 1 is 1.50 bits per heavy atom. The van der Waals surface area contributed by atoms with E-state index in [4.69, 9.17) is 0 Å². The maximum Gasteiger partial charge on any atom is 0.364 e. The van der Waals surface area contributed by atoms with Crippen LogP contribution in [0.2, 0.25) is 0 Å². The Morgan fingerprint density at radius 2 is 2.28 bits per heavy atom. The van der Waals surface area contributed by atoms with Crippen LogP contribution in [0, 0.1) is 10.1 Å². The first-order valence-electron chi connectivity index (χ1n) is 5.34. The van der Waals surface area contributed by atoms with Gasteiger partial charge in [-0.05, 0) is 32.3 Å². The monoisotopic (exact) mass is 311 g/mol. The molecule has 0 radical (unpaired) electrons. The minimum absolute atomic E-state index is 0.225. The van der Waals surface area contributed by atoms with Crippen molar-refractivity contribution in [2.75, 3.05) is 13.1 Å². The fourth-order valence-corrected chi connectivity index (χ4v) is 2.07. The van der Waals surface area contributed by atoms with E-state index in [0.29, 0.717) is 17.6 Å². The number of aromatic nitrogens is 1. The lowest BCUT2D eigenvalue weighted by molar-refractivity contribution is -0.389. The van der Waals surface area contributed by atoms with Crippen molar-refractivity contribution in [3.05, 3.63) is 44.6 Å². The Morgan fingerprint density at radius 3 is 2.89 bits per heavy atom. The van der Waals surface area contributed by atoms with Gasteiger partial charge in [-0.1, -0.05) is 12.2 Å². The normalized spacial score (nSPS) is 14.6. The number of nitro groups is 1. The second kappa shape index (κ2) is 5.26. The third kappa shape index (κ3) is 2.56. The molecule has 2 heterocycles. The van der Waals surface area contributed by atoms with Crippen LogP contribution in [0.25, 0.3) is 0 Å². The lowest BCUT2D eigenvalue weighted by atomic mass is 10.2. The second-order valence-corrected chi connectivity index (χ2v) is 4.65. The molecule has 1 aliphatic rings. The van der Waals surface area contributed by atoms with E-state index in [1.807, 2.05) is 12.2 Å². The van der Waals surface area contributed by atoms with Crippen molar-refractivity contribution in [1.82, 2.24) is 9.88 Å². The number of carbonyl (C=O) groups excluding carboxylic acids is 1. The van der Waals surface area contributed by atoms with Crippen molar-refractivity contribution in [3.63, 3.8) is 0 Å². The van der Waals surface area contributed by atoms with E-state index in [1.54, 1.807) is 4.90 Å². The number of amides is 1. The highest BCUT2D eigenvalue weighted by molar-refractivity contribution is 9.10. The molecule has 1 aromatic heterocycles. The van der Waals surface area contributed by atoms with Gasteiger partial charge in [0.1, 0.15) is 0 Å². The van der Waals surface area contributed by atoms with Crippen LogP contribution >= 0.6 is 15.9 Å². The number of carbonyl (C=O) groups is 1. The van der Waals surface area contributed by atoms with Gasteiger partial charge < -0.3 is 15.0 Å². The molecule has 6 nitrogen and oxygen atoms in total. The van der Waals surface area contributed by atoms with E-state index in [9.17, 15) is 14.9 Å². The minimum Gasteiger partial charge on any atom is -0.358 e. The first kappa shape index (κ1) is 12.7. The summed E-state index contributed by atoms with van der Waals surface area (Å²) in [7, 11) is 0. The molecule has 0 bridgehead atoms. The first-order valence-corrected chi connectivity index (χ1v) is 6.13. The molecule has 7 heteroatoms. The molecule has 0 saturated heterocycles. The quantitative estimate of drug-likeness (QED) is 0.476. The Bertz CT molecular complexity index is 530. The van der Waals surface area contributed by atoms with Crippen LogP contribution in [-0.2, 0) is 0 Å². The highest BCUT2D eigenvalue weighted by atomic mass is 79.9. The van der Waals surface area contributed by atoms with Crippen molar-refractivity contribution >= 4 is 27.7 Å². The Balaban J connectivity index is 2.31. The van der Waals surface area contributed by atoms with Gasteiger partial charge in [0, 0.05) is 19.2 Å². The molecule has 0 aliphatic carbocycles. The predicted octanol–water partition coefficient (Wildman–Crippen LogP) is 2.15. The molecule has 1 aromatic rings. The summed E-state index contributed by atoms with van der Waals surface area (Å²) >= 11 is 3.20. The van der Waals surface area contributed by atoms with Gasteiger partial charge in [0.2, 0.25) is 0 Å². The van der Waals surface area contributed by atoms with Crippen molar-refractivity contribution in [3.8, 4) is 0 Å². The van der Waals surface area contributed by atoms with E-state index in [2.05, 4.69) is 20.9 Å². The Kier molecular flexibility index (Phi) is 3.71. The first-order chi connectivity index (χ1) is 8.59. The third-order valence-corrected chi connectivity index (χ3v) is 3.24. The zero-order valence-electron chi connectivity index (χ0n) is 9.38. The lowest BCUT2D eigenvalue weighted by Crippen LogP contribution is -2.34. The van der Waals surface area contributed by atoms with Crippen LogP contribution in [0.1, 0.15) is 16.8 Å². The summed E-state index contributed by atoms with van der Waals surface area (Å²) in [6.45, 7) is 1.15. The van der Waals surface area contributed by atoms with Gasteiger partial charge in [-0.15, -0.1) is 0 Å². The van der Waals surface area contributed by atoms with Crippen LogP contribution in [0.4, 0.5) is 5.82 Å². The number of hydrogen-bond donors (Lipinski definition) is 0. The molecule has 94 valence electrons. The van der Waals surface area contributed by atoms with Crippen molar-refractivity contribution < 1.29 is 9.72 Å². The van der Waals surface area contributed by atoms with Crippen LogP contribution < -0.4 is 0 Å². The van der Waals surface area contributed by atoms with E-state index >= 15 is 0 Å². The van der Waals surface area contributed by atoms with Crippen LogP contribution in [0.3, 0.4) is 0 Å². The zero-order chi connectivity index (χ0) is 13.1. The van der Waals surface area contributed by atoms with Gasteiger partial charge in [0.25, 0.3) is 5.91 Å². The third-order valence-electron chi connectivity index (χ3n) is 2.60. The van der Waals surface area contributed by atoms with Gasteiger partial charge >= 0.3 is 5.82 Å². The maximum atomic E-state index is 12.2. The molecule has 0 saturated carbocycles. The summed E-state index contributed by atoms with van der Waals surface area (Å²) in [6.07, 6.45) is 6.00. The number of halogens is 1. The molecule has 0 atom stereocenters. The SMILES string of the molecule is O=C(c1cc([N+](=O)[O-])ncc1Br)N1CC=CCC1. The van der Waals surface area contributed by atoms with Gasteiger partial charge in [0.15, 0.2) is 6.20 Å². The smallest absolute Gasteiger partial charge is 0.358 e. The lowest BCUT2D eigenvalue weighted by Gasteiger charge is -2.23. The van der Waals surface area contributed by atoms with Gasteiger partial charge in [-0.3, -0.25) is 4.79 Å². The number of rotatable bonds is 2. The largest absolute Gasteiger partial charge is 0.364 e. The van der Waals surface area contributed by atoms with E-state index < -0.39 is 4.92 Å². The molecular formula is C11H10BrN3O3. The topological polar surface area (TPSA) is 76.3 Å². The summed E-state index contributed by atoms with van der Waals surface area (Å²) in [6, 6.07) is 1.20. The zero-order valence-corrected chi connectivity index (χ0v) is 11.0. The molecule has 0 aromatic carbocycles. The standard InChI is InChI=1S/C11H10BrN3O3/c12-9-7-13-10(15(17)18)6-8(9)11(16)14-4-2-1-3-5-14/h1-2,6-7H,3-5H2. The number of pyridine rings is 1. The molecule has 0 unspecified atom stereocenters. The van der Waals surface area contributed by atoms with Crippen molar-refractivity contribution in [1.29, 1.82) is 0 Å². The van der Waals surface area contributed by atoms with Gasteiger partial charge in [0.05, 0.1) is 10.0 Å². The van der Waals surface area contributed by atoms with Gasteiger partial charge in [-0.2, -0.15) is 0 Å². The fourth-order valence-electron chi connectivity index (χ4n) is 1.69. The van der Waals surface area contributed by atoms with Crippen molar-refractivity contribution in [2.45, 2.75) is 6.42 Å². The average Bonchev–Trinajstić information content (AvgIpc) is 2.39. The molecule has 2 rings (SSSR count). The average molecular weight is 312 g/mol. The fraction of sp³-hybridized carbons (Fsp3) is 0.273. The highest BCUT2D eigenvalue weighted by Crippen LogP contribution is 2.22.